The highest BCUT2D eigenvalue weighted by Crippen LogP contribution is 2.46. The standard InChI is InChI=1S/C25H22F6N4/c26-24(27,28)17-3-6-19(7-4-17)35(22-14-32-11-9-21(22)16-1-2-16)20-10-12-34(15-20)23-8-5-18(13-33-23)25(29,30)31/h3-9,11,13-14,16,20H,1-2,10,12,15H2/t20-/m0/s1. The van der Waals surface area contributed by atoms with Crippen LogP contribution in [0.25, 0.3) is 0 Å². The predicted octanol–water partition coefficient (Wildman–Crippen LogP) is 6.81. The van der Waals surface area contributed by atoms with Crippen LogP contribution in [0.4, 0.5) is 43.5 Å². The number of pyridine rings is 2. The van der Waals surface area contributed by atoms with E-state index in [9.17, 15) is 26.3 Å². The molecule has 2 aliphatic rings. The van der Waals surface area contributed by atoms with Gasteiger partial charge in [0.25, 0.3) is 0 Å². The van der Waals surface area contributed by atoms with Gasteiger partial charge in [-0.3, -0.25) is 4.98 Å². The number of aromatic nitrogens is 2. The first-order valence-corrected chi connectivity index (χ1v) is 11.3. The molecule has 0 amide bonds. The molecule has 5 rings (SSSR count). The molecular weight excluding hydrogens is 470 g/mol. The van der Waals surface area contributed by atoms with Crippen molar-refractivity contribution in [3.05, 3.63) is 77.7 Å². The van der Waals surface area contributed by atoms with Crippen LogP contribution in [0.1, 0.15) is 41.9 Å². The third kappa shape index (κ3) is 4.92. The van der Waals surface area contributed by atoms with Crippen molar-refractivity contribution in [2.75, 3.05) is 22.9 Å². The van der Waals surface area contributed by atoms with Crippen LogP contribution in [0.2, 0.25) is 0 Å². The third-order valence-corrected chi connectivity index (χ3v) is 6.51. The molecule has 0 radical (unpaired) electrons. The lowest BCUT2D eigenvalue weighted by Gasteiger charge is -2.33. The largest absolute Gasteiger partial charge is 0.417 e. The van der Waals surface area contributed by atoms with Crippen LogP contribution in [0.3, 0.4) is 0 Å². The number of anilines is 3. The van der Waals surface area contributed by atoms with E-state index in [0.717, 1.165) is 48.5 Å². The summed E-state index contributed by atoms with van der Waals surface area (Å²) >= 11 is 0. The van der Waals surface area contributed by atoms with E-state index < -0.39 is 23.5 Å². The summed E-state index contributed by atoms with van der Waals surface area (Å²) in [5.41, 5.74) is 1.03. The second-order valence-electron chi connectivity index (χ2n) is 8.91. The van der Waals surface area contributed by atoms with Gasteiger partial charge in [-0.1, -0.05) is 0 Å². The summed E-state index contributed by atoms with van der Waals surface area (Å²) < 4.78 is 78.2. The first-order chi connectivity index (χ1) is 16.6. The molecule has 1 saturated carbocycles. The summed E-state index contributed by atoms with van der Waals surface area (Å²) in [7, 11) is 0. The lowest BCUT2D eigenvalue weighted by Crippen LogP contribution is -2.35. The van der Waals surface area contributed by atoms with E-state index in [0.29, 0.717) is 36.9 Å². The average molecular weight is 492 g/mol. The number of alkyl halides is 6. The van der Waals surface area contributed by atoms with Gasteiger partial charge in [-0.25, -0.2) is 4.98 Å². The van der Waals surface area contributed by atoms with Crippen molar-refractivity contribution in [2.45, 2.75) is 43.6 Å². The molecule has 1 atom stereocenters. The fourth-order valence-electron chi connectivity index (χ4n) is 4.60. The molecule has 0 spiro atoms. The molecule has 1 aliphatic carbocycles. The first kappa shape index (κ1) is 23.4. The van der Waals surface area contributed by atoms with Gasteiger partial charge in [0.2, 0.25) is 0 Å². The third-order valence-electron chi connectivity index (χ3n) is 6.51. The summed E-state index contributed by atoms with van der Waals surface area (Å²) in [5, 5.41) is 0. The Balaban J connectivity index is 1.46. The number of hydrogen-bond acceptors (Lipinski definition) is 4. The number of halogens is 6. The minimum Gasteiger partial charge on any atom is -0.354 e. The maximum atomic E-state index is 13.2. The van der Waals surface area contributed by atoms with Gasteiger partial charge in [0.15, 0.2) is 0 Å². The molecule has 0 unspecified atom stereocenters. The second-order valence-corrected chi connectivity index (χ2v) is 8.91. The summed E-state index contributed by atoms with van der Waals surface area (Å²) in [6.07, 6.45) is -1.87. The predicted molar refractivity (Wildman–Crippen MR) is 120 cm³/mol. The van der Waals surface area contributed by atoms with E-state index in [2.05, 4.69) is 9.97 Å². The van der Waals surface area contributed by atoms with E-state index in [1.807, 2.05) is 15.9 Å². The van der Waals surface area contributed by atoms with Crippen LogP contribution >= 0.6 is 0 Å². The van der Waals surface area contributed by atoms with Crippen LogP contribution in [0.5, 0.6) is 0 Å². The van der Waals surface area contributed by atoms with E-state index in [-0.39, 0.29) is 6.04 Å². The molecule has 2 fully saturated rings. The fraction of sp³-hybridized carbons (Fsp3) is 0.360. The zero-order chi connectivity index (χ0) is 24.8. The minimum atomic E-state index is -4.46. The molecule has 1 aromatic carbocycles. The molecular formula is C25H22F6N4. The molecule has 2 aromatic heterocycles. The van der Waals surface area contributed by atoms with Crippen LogP contribution in [-0.2, 0) is 12.4 Å². The SMILES string of the molecule is FC(F)(F)c1ccc(N(c2cnccc2C2CC2)[C@H]2CCN(c3ccc(C(F)(F)F)cn3)C2)cc1. The maximum Gasteiger partial charge on any atom is 0.417 e. The lowest BCUT2D eigenvalue weighted by molar-refractivity contribution is -0.138. The molecule has 10 heteroatoms. The number of nitrogens with zero attached hydrogens (tertiary/aromatic N) is 4. The van der Waals surface area contributed by atoms with E-state index >= 15 is 0 Å². The Morgan fingerprint density at radius 3 is 2.09 bits per heavy atom. The van der Waals surface area contributed by atoms with Gasteiger partial charge in [0, 0.05) is 31.2 Å². The van der Waals surface area contributed by atoms with Crippen LogP contribution < -0.4 is 9.80 Å². The van der Waals surface area contributed by atoms with Crippen molar-refractivity contribution in [1.82, 2.24) is 9.97 Å². The molecule has 35 heavy (non-hydrogen) atoms. The Hall–Kier alpha value is -3.30. The molecule has 0 bridgehead atoms. The van der Waals surface area contributed by atoms with Gasteiger partial charge < -0.3 is 9.80 Å². The van der Waals surface area contributed by atoms with Crippen LogP contribution in [0, 0.1) is 0 Å². The van der Waals surface area contributed by atoms with Crippen LogP contribution in [-0.4, -0.2) is 29.1 Å². The molecule has 1 saturated heterocycles. The topological polar surface area (TPSA) is 32.3 Å². The molecule has 3 heterocycles. The number of hydrogen-bond donors (Lipinski definition) is 0. The Labute approximate surface area is 198 Å². The van der Waals surface area contributed by atoms with E-state index in [1.165, 1.54) is 18.2 Å². The number of benzene rings is 1. The zero-order valence-corrected chi connectivity index (χ0v) is 18.5. The van der Waals surface area contributed by atoms with E-state index in [4.69, 9.17) is 0 Å². The van der Waals surface area contributed by atoms with Gasteiger partial charge in [-0.05, 0) is 73.2 Å². The zero-order valence-electron chi connectivity index (χ0n) is 18.5. The molecule has 0 N–H and O–H groups in total. The monoisotopic (exact) mass is 492 g/mol. The Bertz CT molecular complexity index is 1170. The van der Waals surface area contributed by atoms with Crippen molar-refractivity contribution in [1.29, 1.82) is 0 Å². The normalized spacial score (nSPS) is 18.7. The first-order valence-electron chi connectivity index (χ1n) is 11.3. The summed E-state index contributed by atoms with van der Waals surface area (Å²) in [5.74, 6) is 0.820. The summed E-state index contributed by atoms with van der Waals surface area (Å²) in [6, 6.07) is 9.26. The summed E-state index contributed by atoms with van der Waals surface area (Å²) in [6.45, 7) is 1.01. The van der Waals surface area contributed by atoms with Gasteiger partial charge in [-0.15, -0.1) is 0 Å². The van der Waals surface area contributed by atoms with Gasteiger partial charge >= 0.3 is 12.4 Å². The highest BCUT2D eigenvalue weighted by Gasteiger charge is 2.36. The molecule has 4 nitrogen and oxygen atoms in total. The van der Waals surface area contributed by atoms with Crippen molar-refractivity contribution in [2.24, 2.45) is 0 Å². The molecule has 1 aliphatic heterocycles. The quantitative estimate of drug-likeness (QED) is 0.367. The minimum absolute atomic E-state index is 0.127. The maximum absolute atomic E-state index is 13.2. The average Bonchev–Trinajstić information content (AvgIpc) is 3.56. The fourth-order valence-corrected chi connectivity index (χ4v) is 4.60. The second kappa shape index (κ2) is 8.73. The van der Waals surface area contributed by atoms with Gasteiger partial charge in [0.1, 0.15) is 5.82 Å². The van der Waals surface area contributed by atoms with Gasteiger partial charge in [0.05, 0.1) is 29.1 Å². The highest BCUT2D eigenvalue weighted by molar-refractivity contribution is 5.69. The van der Waals surface area contributed by atoms with Crippen molar-refractivity contribution in [3.8, 4) is 0 Å². The van der Waals surface area contributed by atoms with Crippen molar-refractivity contribution in [3.63, 3.8) is 0 Å². The van der Waals surface area contributed by atoms with Crippen molar-refractivity contribution >= 4 is 17.2 Å². The smallest absolute Gasteiger partial charge is 0.354 e. The number of rotatable bonds is 5. The Morgan fingerprint density at radius 1 is 0.800 bits per heavy atom. The molecule has 184 valence electrons. The van der Waals surface area contributed by atoms with Gasteiger partial charge in [-0.2, -0.15) is 26.3 Å². The Kier molecular flexibility index (Phi) is 5.85. The van der Waals surface area contributed by atoms with Crippen molar-refractivity contribution < 1.29 is 26.3 Å². The summed E-state index contributed by atoms with van der Waals surface area (Å²) in [4.78, 5) is 12.2. The highest BCUT2D eigenvalue weighted by atomic mass is 19.4. The Morgan fingerprint density at radius 2 is 1.49 bits per heavy atom. The van der Waals surface area contributed by atoms with Crippen LogP contribution in [0.15, 0.2) is 61.1 Å². The van der Waals surface area contributed by atoms with E-state index in [1.54, 1.807) is 12.4 Å². The molecule has 3 aromatic rings. The lowest BCUT2D eigenvalue weighted by atomic mass is 10.1.